The Bertz CT molecular complexity index is 578. The average molecular weight is 314 g/mol. The molecule has 1 aromatic rings. The summed E-state index contributed by atoms with van der Waals surface area (Å²) in [6, 6.07) is 2.62. The Morgan fingerprint density at radius 3 is 2.76 bits per heavy atom. The van der Waals surface area contributed by atoms with E-state index in [0.29, 0.717) is 18.3 Å². The molecule has 2 rings (SSSR count). The quantitative estimate of drug-likeness (QED) is 0.866. The monoisotopic (exact) mass is 314 g/mol. The molecule has 5 nitrogen and oxygen atoms in total. The number of sulfone groups is 1. The van der Waals surface area contributed by atoms with Gasteiger partial charge in [0.25, 0.3) is 0 Å². The van der Waals surface area contributed by atoms with E-state index < -0.39 is 9.84 Å². The largest absolute Gasteiger partial charge is 0.465 e. The SMILES string of the molecule is Cc1oc(CN(C)C2CCS(=O)(=O)C2)cc1CNC(C)C. The van der Waals surface area contributed by atoms with Gasteiger partial charge in [0.1, 0.15) is 11.5 Å². The van der Waals surface area contributed by atoms with E-state index in [2.05, 4.69) is 30.1 Å². The predicted octanol–water partition coefficient (Wildman–Crippen LogP) is 1.70. The number of furan rings is 1. The smallest absolute Gasteiger partial charge is 0.151 e. The molecule has 1 saturated heterocycles. The first-order valence-electron chi connectivity index (χ1n) is 7.49. The maximum Gasteiger partial charge on any atom is 0.151 e. The van der Waals surface area contributed by atoms with Crippen molar-refractivity contribution >= 4 is 9.84 Å². The Balaban J connectivity index is 1.95. The molecule has 1 aromatic heterocycles. The molecule has 0 bridgehead atoms. The van der Waals surface area contributed by atoms with E-state index in [0.717, 1.165) is 24.5 Å². The van der Waals surface area contributed by atoms with Gasteiger partial charge in [-0.3, -0.25) is 4.90 Å². The van der Waals surface area contributed by atoms with Crippen LogP contribution in [0, 0.1) is 6.92 Å². The van der Waals surface area contributed by atoms with E-state index in [-0.39, 0.29) is 11.8 Å². The van der Waals surface area contributed by atoms with Crippen molar-refractivity contribution in [3.8, 4) is 0 Å². The van der Waals surface area contributed by atoms with Crippen molar-refractivity contribution in [2.75, 3.05) is 18.6 Å². The summed E-state index contributed by atoms with van der Waals surface area (Å²) in [6.45, 7) is 7.66. The van der Waals surface area contributed by atoms with Crippen molar-refractivity contribution in [2.45, 2.75) is 52.4 Å². The van der Waals surface area contributed by atoms with Crippen LogP contribution in [0.25, 0.3) is 0 Å². The van der Waals surface area contributed by atoms with Crippen LogP contribution in [0.2, 0.25) is 0 Å². The summed E-state index contributed by atoms with van der Waals surface area (Å²) >= 11 is 0. The van der Waals surface area contributed by atoms with E-state index in [1.165, 1.54) is 5.56 Å². The summed E-state index contributed by atoms with van der Waals surface area (Å²) in [4.78, 5) is 2.09. The van der Waals surface area contributed by atoms with Crippen LogP contribution in [-0.4, -0.2) is 44.0 Å². The number of rotatable bonds is 6. The Morgan fingerprint density at radius 1 is 1.48 bits per heavy atom. The van der Waals surface area contributed by atoms with Gasteiger partial charge in [-0.25, -0.2) is 8.42 Å². The highest BCUT2D eigenvalue weighted by Crippen LogP contribution is 2.21. The molecular formula is C15H26N2O3S. The summed E-state index contributed by atoms with van der Waals surface area (Å²) in [5.74, 6) is 2.42. The third-order valence-corrected chi connectivity index (χ3v) is 5.76. The topological polar surface area (TPSA) is 62.6 Å². The molecule has 21 heavy (non-hydrogen) atoms. The van der Waals surface area contributed by atoms with E-state index in [4.69, 9.17) is 4.42 Å². The minimum Gasteiger partial charge on any atom is -0.465 e. The van der Waals surface area contributed by atoms with Gasteiger partial charge in [-0.15, -0.1) is 0 Å². The molecule has 1 atom stereocenters. The van der Waals surface area contributed by atoms with E-state index in [1.54, 1.807) is 0 Å². The maximum absolute atomic E-state index is 11.5. The van der Waals surface area contributed by atoms with Crippen LogP contribution in [0.5, 0.6) is 0 Å². The number of nitrogens with one attached hydrogen (secondary N) is 1. The third-order valence-electron chi connectivity index (χ3n) is 4.01. The van der Waals surface area contributed by atoms with Crippen LogP contribution in [0.4, 0.5) is 0 Å². The van der Waals surface area contributed by atoms with Crippen LogP contribution >= 0.6 is 0 Å². The standard InChI is InChI=1S/C15H26N2O3S/c1-11(2)16-8-13-7-15(20-12(13)3)9-17(4)14-5-6-21(18,19)10-14/h7,11,14,16H,5-6,8-10H2,1-4H3. The lowest BCUT2D eigenvalue weighted by atomic mass is 10.2. The number of hydrogen-bond acceptors (Lipinski definition) is 5. The lowest BCUT2D eigenvalue weighted by Gasteiger charge is -2.21. The second-order valence-electron chi connectivity index (χ2n) is 6.30. The fourth-order valence-corrected chi connectivity index (χ4v) is 4.46. The molecule has 0 aromatic carbocycles. The highest BCUT2D eigenvalue weighted by atomic mass is 32.2. The van der Waals surface area contributed by atoms with Crippen molar-refractivity contribution in [3.05, 3.63) is 23.2 Å². The van der Waals surface area contributed by atoms with Gasteiger partial charge >= 0.3 is 0 Å². The van der Waals surface area contributed by atoms with Gasteiger partial charge in [0.2, 0.25) is 0 Å². The normalized spacial score (nSPS) is 21.5. The molecule has 2 heterocycles. The summed E-state index contributed by atoms with van der Waals surface area (Å²) < 4.78 is 28.9. The average Bonchev–Trinajstić information content (AvgIpc) is 2.89. The van der Waals surface area contributed by atoms with E-state index in [1.807, 2.05) is 14.0 Å². The molecule has 0 radical (unpaired) electrons. The van der Waals surface area contributed by atoms with Gasteiger partial charge in [0.15, 0.2) is 9.84 Å². The lowest BCUT2D eigenvalue weighted by Crippen LogP contribution is -2.31. The zero-order valence-corrected chi connectivity index (χ0v) is 14.2. The van der Waals surface area contributed by atoms with Crippen molar-refractivity contribution in [2.24, 2.45) is 0 Å². The minimum absolute atomic E-state index is 0.109. The first kappa shape index (κ1) is 16.5. The molecule has 1 fully saturated rings. The summed E-state index contributed by atoms with van der Waals surface area (Å²) in [5, 5.41) is 3.38. The number of nitrogens with zero attached hydrogens (tertiary/aromatic N) is 1. The fraction of sp³-hybridized carbons (Fsp3) is 0.733. The molecule has 6 heteroatoms. The Morgan fingerprint density at radius 2 is 2.19 bits per heavy atom. The van der Waals surface area contributed by atoms with Crippen LogP contribution in [0.15, 0.2) is 10.5 Å². The first-order valence-corrected chi connectivity index (χ1v) is 9.31. The first-order chi connectivity index (χ1) is 9.77. The fourth-order valence-electron chi connectivity index (χ4n) is 2.65. The van der Waals surface area contributed by atoms with E-state index in [9.17, 15) is 8.42 Å². The Hall–Kier alpha value is -0.850. The molecule has 0 aliphatic carbocycles. The molecule has 0 saturated carbocycles. The van der Waals surface area contributed by atoms with Crippen LogP contribution in [-0.2, 0) is 22.9 Å². The van der Waals surface area contributed by atoms with Crippen molar-refractivity contribution < 1.29 is 12.8 Å². The Kier molecular flexibility index (Phi) is 5.11. The molecular weight excluding hydrogens is 288 g/mol. The number of aryl methyl sites for hydroxylation is 1. The highest BCUT2D eigenvalue weighted by molar-refractivity contribution is 7.91. The van der Waals surface area contributed by atoms with Gasteiger partial charge in [-0.1, -0.05) is 13.8 Å². The van der Waals surface area contributed by atoms with E-state index >= 15 is 0 Å². The van der Waals surface area contributed by atoms with Gasteiger partial charge in [-0.2, -0.15) is 0 Å². The molecule has 0 spiro atoms. The second-order valence-corrected chi connectivity index (χ2v) is 8.53. The number of hydrogen-bond donors (Lipinski definition) is 1. The second kappa shape index (κ2) is 6.50. The van der Waals surface area contributed by atoms with Crippen LogP contribution < -0.4 is 5.32 Å². The molecule has 1 aliphatic heterocycles. The van der Waals surface area contributed by atoms with Crippen molar-refractivity contribution in [1.82, 2.24) is 10.2 Å². The zero-order valence-electron chi connectivity index (χ0n) is 13.3. The zero-order chi connectivity index (χ0) is 15.6. The third kappa shape index (κ3) is 4.56. The summed E-state index contributed by atoms with van der Waals surface area (Å²) in [6.07, 6.45) is 0.723. The summed E-state index contributed by atoms with van der Waals surface area (Å²) in [5.41, 5.74) is 1.17. The highest BCUT2D eigenvalue weighted by Gasteiger charge is 2.30. The van der Waals surface area contributed by atoms with Gasteiger partial charge in [0.05, 0.1) is 18.1 Å². The van der Waals surface area contributed by atoms with Crippen molar-refractivity contribution in [3.63, 3.8) is 0 Å². The Labute approximate surface area is 127 Å². The summed E-state index contributed by atoms with van der Waals surface area (Å²) in [7, 11) is -0.868. The van der Waals surface area contributed by atoms with Gasteiger partial charge < -0.3 is 9.73 Å². The molecule has 1 unspecified atom stereocenters. The molecule has 1 N–H and O–H groups in total. The van der Waals surface area contributed by atoms with Crippen molar-refractivity contribution in [1.29, 1.82) is 0 Å². The van der Waals surface area contributed by atoms with Crippen LogP contribution in [0.3, 0.4) is 0 Å². The van der Waals surface area contributed by atoms with Gasteiger partial charge in [-0.05, 0) is 26.5 Å². The minimum atomic E-state index is -2.84. The van der Waals surface area contributed by atoms with Gasteiger partial charge in [0, 0.05) is 24.2 Å². The molecule has 120 valence electrons. The predicted molar refractivity (Wildman–Crippen MR) is 83.9 cm³/mol. The van der Waals surface area contributed by atoms with Crippen LogP contribution in [0.1, 0.15) is 37.4 Å². The maximum atomic E-state index is 11.5. The molecule has 1 aliphatic rings. The lowest BCUT2D eigenvalue weighted by molar-refractivity contribution is 0.232. The molecule has 0 amide bonds.